The minimum atomic E-state index is -0.662. The maximum atomic E-state index is 11.3. The van der Waals surface area contributed by atoms with Crippen LogP contribution in [0.4, 0.5) is 10.6 Å². The number of hydrogen-bond acceptors (Lipinski definition) is 5. The fourth-order valence-corrected chi connectivity index (χ4v) is 2.57. The van der Waals surface area contributed by atoms with Gasteiger partial charge < -0.3 is 20.7 Å². The number of nitrogens with one attached hydrogen (secondary N) is 1. The first kappa shape index (κ1) is 16.5. The van der Waals surface area contributed by atoms with Gasteiger partial charge in [-0.1, -0.05) is 0 Å². The predicted octanol–water partition coefficient (Wildman–Crippen LogP) is 1.27. The van der Waals surface area contributed by atoms with Crippen LogP contribution in [0.25, 0.3) is 0 Å². The summed E-state index contributed by atoms with van der Waals surface area (Å²) in [5.41, 5.74) is 4.90. The number of primary amides is 1. The average Bonchev–Trinajstić information content (AvgIpc) is 2.52. The van der Waals surface area contributed by atoms with Gasteiger partial charge in [-0.2, -0.15) is 0 Å². The number of ether oxygens (including phenoxy) is 1. The maximum Gasteiger partial charge on any atom is 0.407 e. The van der Waals surface area contributed by atoms with Crippen LogP contribution in [-0.2, 0) is 9.53 Å². The molecule has 7 nitrogen and oxygen atoms in total. The minimum absolute atomic E-state index is 0.389. The Balaban J connectivity index is 1.70. The van der Waals surface area contributed by atoms with Crippen molar-refractivity contribution in [1.82, 2.24) is 10.3 Å². The van der Waals surface area contributed by atoms with Crippen LogP contribution in [0.3, 0.4) is 0 Å². The molecule has 0 atom stereocenters. The second-order valence-electron chi connectivity index (χ2n) is 5.19. The van der Waals surface area contributed by atoms with Crippen LogP contribution in [-0.4, -0.2) is 43.2 Å². The lowest BCUT2D eigenvalue weighted by molar-refractivity contribution is -0.120. The number of piperidine rings is 1. The molecule has 0 radical (unpaired) electrons. The number of carbonyl (C=O) groups excluding carboxylic acids is 2. The van der Waals surface area contributed by atoms with Gasteiger partial charge in [-0.25, -0.2) is 9.78 Å². The van der Waals surface area contributed by atoms with Gasteiger partial charge in [0, 0.05) is 30.3 Å². The summed E-state index contributed by atoms with van der Waals surface area (Å²) in [5, 5.41) is 2.66. The Kier molecular flexibility index (Phi) is 6.00. The Morgan fingerprint density at radius 1 is 1.41 bits per heavy atom. The van der Waals surface area contributed by atoms with E-state index in [0.717, 1.165) is 36.2 Å². The third-order valence-electron chi connectivity index (χ3n) is 3.53. The minimum Gasteiger partial charge on any atom is -0.439 e. The van der Waals surface area contributed by atoms with Gasteiger partial charge >= 0.3 is 6.09 Å². The van der Waals surface area contributed by atoms with E-state index in [1.807, 2.05) is 12.1 Å². The highest BCUT2D eigenvalue weighted by atomic mass is 79.9. The molecule has 1 fully saturated rings. The molecule has 1 aliphatic rings. The molecule has 1 aliphatic heterocycles. The largest absolute Gasteiger partial charge is 0.439 e. The monoisotopic (exact) mass is 370 g/mol. The van der Waals surface area contributed by atoms with Gasteiger partial charge in [0.05, 0.1) is 0 Å². The van der Waals surface area contributed by atoms with E-state index < -0.39 is 12.0 Å². The number of halogens is 1. The van der Waals surface area contributed by atoms with E-state index in [4.69, 9.17) is 5.73 Å². The molecule has 120 valence electrons. The fourth-order valence-electron chi connectivity index (χ4n) is 2.34. The number of alkyl carbamates (subject to hydrolysis) is 1. The van der Waals surface area contributed by atoms with E-state index in [0.29, 0.717) is 12.5 Å². The highest BCUT2D eigenvalue weighted by Gasteiger charge is 2.20. The molecular formula is C14H19BrN4O3. The van der Waals surface area contributed by atoms with Crippen molar-refractivity contribution in [3.63, 3.8) is 0 Å². The van der Waals surface area contributed by atoms with Crippen molar-refractivity contribution in [2.24, 2.45) is 11.7 Å². The Labute approximate surface area is 137 Å². The van der Waals surface area contributed by atoms with E-state index >= 15 is 0 Å². The number of aromatic nitrogens is 1. The zero-order chi connectivity index (χ0) is 15.9. The average molecular weight is 371 g/mol. The molecule has 0 saturated carbocycles. The summed E-state index contributed by atoms with van der Waals surface area (Å²) >= 11 is 3.37. The van der Waals surface area contributed by atoms with Crippen LogP contribution in [0.15, 0.2) is 22.8 Å². The normalized spacial score (nSPS) is 15.4. The third-order valence-corrected chi connectivity index (χ3v) is 4.00. The van der Waals surface area contributed by atoms with Gasteiger partial charge in [0.15, 0.2) is 6.61 Å². The van der Waals surface area contributed by atoms with Crippen LogP contribution in [0.2, 0.25) is 0 Å². The maximum absolute atomic E-state index is 11.3. The molecule has 22 heavy (non-hydrogen) atoms. The Morgan fingerprint density at radius 3 is 2.73 bits per heavy atom. The lowest BCUT2D eigenvalue weighted by atomic mass is 9.97. The Morgan fingerprint density at radius 2 is 2.14 bits per heavy atom. The van der Waals surface area contributed by atoms with E-state index in [-0.39, 0.29) is 6.61 Å². The number of hydrogen-bond donors (Lipinski definition) is 2. The van der Waals surface area contributed by atoms with Crippen LogP contribution in [0.5, 0.6) is 0 Å². The van der Waals surface area contributed by atoms with Crippen molar-refractivity contribution in [2.45, 2.75) is 12.8 Å². The first-order valence-corrected chi connectivity index (χ1v) is 7.89. The van der Waals surface area contributed by atoms with Crippen LogP contribution >= 0.6 is 15.9 Å². The van der Waals surface area contributed by atoms with Crippen LogP contribution < -0.4 is 16.0 Å². The zero-order valence-corrected chi connectivity index (χ0v) is 13.7. The van der Waals surface area contributed by atoms with Crippen LogP contribution in [0, 0.1) is 5.92 Å². The van der Waals surface area contributed by atoms with Crippen molar-refractivity contribution >= 4 is 33.7 Å². The van der Waals surface area contributed by atoms with Gasteiger partial charge in [0.2, 0.25) is 0 Å². The Hall–Kier alpha value is -1.83. The third kappa shape index (κ3) is 5.18. The number of nitrogens with zero attached hydrogens (tertiary/aromatic N) is 2. The fraction of sp³-hybridized carbons (Fsp3) is 0.500. The topological polar surface area (TPSA) is 97.6 Å². The van der Waals surface area contributed by atoms with E-state index in [1.165, 1.54) is 0 Å². The summed E-state index contributed by atoms with van der Waals surface area (Å²) in [5.74, 6) is 0.703. The number of rotatable bonds is 5. The van der Waals surface area contributed by atoms with E-state index in [9.17, 15) is 9.59 Å². The molecule has 1 aromatic rings. The van der Waals surface area contributed by atoms with E-state index in [1.54, 1.807) is 6.20 Å². The Bertz CT molecular complexity index is 515. The van der Waals surface area contributed by atoms with Gasteiger partial charge in [-0.05, 0) is 46.8 Å². The summed E-state index contributed by atoms with van der Waals surface area (Å²) in [4.78, 5) is 28.5. The molecule has 8 heteroatoms. The molecule has 1 saturated heterocycles. The van der Waals surface area contributed by atoms with E-state index in [2.05, 4.69) is 35.9 Å². The van der Waals surface area contributed by atoms with Crippen molar-refractivity contribution in [3.05, 3.63) is 22.8 Å². The highest BCUT2D eigenvalue weighted by Crippen LogP contribution is 2.22. The molecule has 0 aliphatic carbocycles. The van der Waals surface area contributed by atoms with Gasteiger partial charge in [-0.15, -0.1) is 0 Å². The van der Waals surface area contributed by atoms with Gasteiger partial charge in [0.25, 0.3) is 5.91 Å². The smallest absolute Gasteiger partial charge is 0.407 e. The number of carbonyl (C=O) groups is 2. The first-order chi connectivity index (χ1) is 10.5. The highest BCUT2D eigenvalue weighted by molar-refractivity contribution is 9.10. The second-order valence-corrected chi connectivity index (χ2v) is 6.10. The molecule has 2 amide bonds. The quantitative estimate of drug-likeness (QED) is 0.813. The molecule has 0 unspecified atom stereocenters. The lowest BCUT2D eigenvalue weighted by Gasteiger charge is -2.32. The van der Waals surface area contributed by atoms with Crippen molar-refractivity contribution < 1.29 is 14.3 Å². The molecule has 0 spiro atoms. The number of nitrogens with two attached hydrogens (primary N) is 1. The summed E-state index contributed by atoms with van der Waals surface area (Å²) in [6, 6.07) is 3.97. The first-order valence-electron chi connectivity index (χ1n) is 7.10. The molecule has 2 heterocycles. The number of anilines is 1. The molecule has 1 aromatic heterocycles. The van der Waals surface area contributed by atoms with Crippen LogP contribution in [0.1, 0.15) is 12.8 Å². The molecule has 0 bridgehead atoms. The van der Waals surface area contributed by atoms with Crippen molar-refractivity contribution in [2.75, 3.05) is 31.1 Å². The van der Waals surface area contributed by atoms with Gasteiger partial charge in [0.1, 0.15) is 5.82 Å². The SMILES string of the molecule is NC(=O)COC(=O)NCC1CCN(c2ccc(Br)cn2)CC1. The lowest BCUT2D eigenvalue weighted by Crippen LogP contribution is -2.39. The molecular weight excluding hydrogens is 352 g/mol. The standard InChI is InChI=1S/C14H19BrN4O3/c15-11-1-2-13(17-8-11)19-5-3-10(4-6-19)7-18-14(21)22-9-12(16)20/h1-2,8,10H,3-7,9H2,(H2,16,20)(H,18,21). The molecule has 3 N–H and O–H groups in total. The molecule has 0 aromatic carbocycles. The van der Waals surface area contributed by atoms with Crippen molar-refractivity contribution in [1.29, 1.82) is 0 Å². The summed E-state index contributed by atoms with van der Waals surface area (Å²) < 4.78 is 5.61. The van der Waals surface area contributed by atoms with Crippen molar-refractivity contribution in [3.8, 4) is 0 Å². The zero-order valence-electron chi connectivity index (χ0n) is 12.1. The summed E-state index contributed by atoms with van der Waals surface area (Å²) in [7, 11) is 0. The summed E-state index contributed by atoms with van der Waals surface area (Å²) in [6.45, 7) is 1.95. The predicted molar refractivity (Wildman–Crippen MR) is 85.4 cm³/mol. The second kappa shape index (κ2) is 7.98. The van der Waals surface area contributed by atoms with Gasteiger partial charge in [-0.3, -0.25) is 4.79 Å². The molecule has 2 rings (SSSR count). The number of pyridine rings is 1. The number of amides is 2. The summed E-state index contributed by atoms with van der Waals surface area (Å²) in [6.07, 6.45) is 3.12.